The number of imidazole rings is 1. The van der Waals surface area contributed by atoms with E-state index in [-0.39, 0.29) is 0 Å². The van der Waals surface area contributed by atoms with Gasteiger partial charge < -0.3 is 4.57 Å². The Morgan fingerprint density at radius 1 is 0.792 bits per heavy atom. The second-order valence-electron chi connectivity index (χ2n) is 6.85. The molecule has 0 saturated heterocycles. The molecule has 2 nitrogen and oxygen atoms in total. The SMILES string of the molecule is CCCCCCn1cc(CCCc2ccccc2)nc1CCCC. The lowest BCUT2D eigenvalue weighted by atomic mass is 10.1. The van der Waals surface area contributed by atoms with Crippen LogP contribution in [-0.4, -0.2) is 9.55 Å². The zero-order chi connectivity index (χ0) is 17.0. The Kier molecular flexibility index (Phi) is 8.65. The highest BCUT2D eigenvalue weighted by molar-refractivity contribution is 5.15. The van der Waals surface area contributed by atoms with Crippen LogP contribution in [0.4, 0.5) is 0 Å². The quantitative estimate of drug-likeness (QED) is 0.439. The first-order chi connectivity index (χ1) is 11.8. The summed E-state index contributed by atoms with van der Waals surface area (Å²) in [5.74, 6) is 1.31. The third-order valence-electron chi connectivity index (χ3n) is 4.66. The molecule has 0 fully saturated rings. The summed E-state index contributed by atoms with van der Waals surface area (Å²) in [5, 5.41) is 0. The van der Waals surface area contributed by atoms with Crippen molar-refractivity contribution in [2.75, 3.05) is 0 Å². The second-order valence-corrected chi connectivity index (χ2v) is 6.85. The van der Waals surface area contributed by atoms with E-state index < -0.39 is 0 Å². The Morgan fingerprint density at radius 3 is 2.33 bits per heavy atom. The van der Waals surface area contributed by atoms with Gasteiger partial charge in [-0.15, -0.1) is 0 Å². The lowest BCUT2D eigenvalue weighted by Gasteiger charge is -2.06. The highest BCUT2D eigenvalue weighted by Crippen LogP contribution is 2.13. The fourth-order valence-corrected chi connectivity index (χ4v) is 3.19. The van der Waals surface area contributed by atoms with Crippen LogP contribution in [0.5, 0.6) is 0 Å². The normalized spacial score (nSPS) is 11.1. The van der Waals surface area contributed by atoms with Gasteiger partial charge in [0.1, 0.15) is 5.82 Å². The molecule has 1 heterocycles. The fourth-order valence-electron chi connectivity index (χ4n) is 3.19. The minimum absolute atomic E-state index is 1.09. The number of nitrogens with zero attached hydrogens (tertiary/aromatic N) is 2. The van der Waals surface area contributed by atoms with E-state index in [1.807, 2.05) is 0 Å². The van der Waals surface area contributed by atoms with Gasteiger partial charge in [0.2, 0.25) is 0 Å². The zero-order valence-corrected chi connectivity index (χ0v) is 15.6. The van der Waals surface area contributed by atoms with Crippen LogP contribution in [0.25, 0.3) is 0 Å². The zero-order valence-electron chi connectivity index (χ0n) is 15.6. The third kappa shape index (κ3) is 6.51. The van der Waals surface area contributed by atoms with Crippen LogP contribution < -0.4 is 0 Å². The van der Waals surface area contributed by atoms with Crippen molar-refractivity contribution in [3.63, 3.8) is 0 Å². The van der Waals surface area contributed by atoms with Crippen molar-refractivity contribution in [3.05, 3.63) is 53.6 Å². The van der Waals surface area contributed by atoms with E-state index in [0.29, 0.717) is 0 Å². The molecule has 0 unspecified atom stereocenters. The van der Waals surface area contributed by atoms with Crippen molar-refractivity contribution in [2.45, 2.75) is 84.6 Å². The predicted molar refractivity (Wildman–Crippen MR) is 103 cm³/mol. The molecule has 0 spiro atoms. The summed E-state index contributed by atoms with van der Waals surface area (Å²) in [4.78, 5) is 4.94. The number of hydrogen-bond donors (Lipinski definition) is 0. The summed E-state index contributed by atoms with van der Waals surface area (Å²) in [7, 11) is 0. The molecule has 0 radical (unpaired) electrons. The van der Waals surface area contributed by atoms with Gasteiger partial charge in [-0.05, 0) is 37.7 Å². The van der Waals surface area contributed by atoms with E-state index in [9.17, 15) is 0 Å². The molecule has 0 atom stereocenters. The summed E-state index contributed by atoms with van der Waals surface area (Å²) in [5.41, 5.74) is 2.72. The molecule has 0 aliphatic heterocycles. The maximum absolute atomic E-state index is 4.94. The minimum Gasteiger partial charge on any atom is -0.335 e. The highest BCUT2D eigenvalue weighted by atomic mass is 15.1. The van der Waals surface area contributed by atoms with E-state index in [1.54, 1.807) is 0 Å². The summed E-state index contributed by atoms with van der Waals surface area (Å²) in [6.07, 6.45) is 14.6. The van der Waals surface area contributed by atoms with Crippen LogP contribution in [0.15, 0.2) is 36.5 Å². The molecule has 0 bridgehead atoms. The van der Waals surface area contributed by atoms with Gasteiger partial charge in [0.25, 0.3) is 0 Å². The van der Waals surface area contributed by atoms with E-state index in [4.69, 9.17) is 4.98 Å². The maximum atomic E-state index is 4.94. The molecular formula is C22H34N2. The number of aromatic nitrogens is 2. The molecule has 0 aliphatic carbocycles. The van der Waals surface area contributed by atoms with Crippen LogP contribution in [0, 0.1) is 0 Å². The van der Waals surface area contributed by atoms with Crippen LogP contribution in [0.3, 0.4) is 0 Å². The minimum atomic E-state index is 1.09. The van der Waals surface area contributed by atoms with Crippen molar-refractivity contribution in [2.24, 2.45) is 0 Å². The molecule has 0 saturated carbocycles. The predicted octanol–water partition coefficient (Wildman–Crippen LogP) is 5.98. The van der Waals surface area contributed by atoms with Gasteiger partial charge in [-0.1, -0.05) is 69.9 Å². The molecule has 1 aromatic carbocycles. The maximum Gasteiger partial charge on any atom is 0.108 e. The van der Waals surface area contributed by atoms with E-state index >= 15 is 0 Å². The summed E-state index contributed by atoms with van der Waals surface area (Å²) in [6, 6.07) is 10.8. The van der Waals surface area contributed by atoms with Gasteiger partial charge in [0.05, 0.1) is 5.69 Å². The molecule has 24 heavy (non-hydrogen) atoms. The Labute approximate surface area is 148 Å². The highest BCUT2D eigenvalue weighted by Gasteiger charge is 2.08. The van der Waals surface area contributed by atoms with E-state index in [1.165, 1.54) is 62.0 Å². The monoisotopic (exact) mass is 326 g/mol. The smallest absolute Gasteiger partial charge is 0.108 e. The van der Waals surface area contributed by atoms with Crippen molar-refractivity contribution in [1.29, 1.82) is 0 Å². The van der Waals surface area contributed by atoms with Crippen LogP contribution in [0.1, 0.15) is 75.9 Å². The number of rotatable bonds is 12. The molecule has 132 valence electrons. The lowest BCUT2D eigenvalue weighted by molar-refractivity contribution is 0.558. The van der Waals surface area contributed by atoms with Gasteiger partial charge in [0, 0.05) is 19.2 Å². The first-order valence-electron chi connectivity index (χ1n) is 9.92. The molecule has 1 aromatic heterocycles. The van der Waals surface area contributed by atoms with Crippen LogP contribution in [0.2, 0.25) is 0 Å². The van der Waals surface area contributed by atoms with E-state index in [0.717, 1.165) is 25.8 Å². The van der Waals surface area contributed by atoms with Gasteiger partial charge in [-0.3, -0.25) is 0 Å². The second kappa shape index (κ2) is 11.1. The lowest BCUT2D eigenvalue weighted by Crippen LogP contribution is -2.03. The topological polar surface area (TPSA) is 17.8 Å². The Bertz CT molecular complexity index is 557. The first-order valence-corrected chi connectivity index (χ1v) is 9.92. The average Bonchev–Trinajstić information content (AvgIpc) is 3.00. The number of unbranched alkanes of at least 4 members (excludes halogenated alkanes) is 4. The molecule has 0 aliphatic rings. The van der Waals surface area contributed by atoms with Gasteiger partial charge in [-0.25, -0.2) is 4.98 Å². The standard InChI is InChI=1S/C22H34N2/c1-3-5-7-11-18-24-19-21(23-22(24)17-6-4-2)16-12-15-20-13-9-8-10-14-20/h8-10,13-14,19H,3-7,11-12,15-18H2,1-2H3. The van der Waals surface area contributed by atoms with Crippen molar-refractivity contribution in [3.8, 4) is 0 Å². The molecule has 2 aromatic rings. The van der Waals surface area contributed by atoms with Crippen molar-refractivity contribution < 1.29 is 0 Å². The summed E-state index contributed by atoms with van der Waals surface area (Å²) in [6.45, 7) is 5.68. The molecule has 2 rings (SSSR count). The molecular weight excluding hydrogens is 292 g/mol. The number of aryl methyl sites for hydroxylation is 4. The summed E-state index contributed by atoms with van der Waals surface area (Å²) >= 11 is 0. The third-order valence-corrected chi connectivity index (χ3v) is 4.66. The Morgan fingerprint density at radius 2 is 1.58 bits per heavy atom. The Balaban J connectivity index is 1.87. The van der Waals surface area contributed by atoms with Crippen LogP contribution >= 0.6 is 0 Å². The number of hydrogen-bond acceptors (Lipinski definition) is 1. The summed E-state index contributed by atoms with van der Waals surface area (Å²) < 4.78 is 2.43. The van der Waals surface area contributed by atoms with Gasteiger partial charge in [0.15, 0.2) is 0 Å². The first kappa shape index (κ1) is 18.8. The number of benzene rings is 1. The molecule has 0 N–H and O–H groups in total. The van der Waals surface area contributed by atoms with Crippen LogP contribution in [-0.2, 0) is 25.8 Å². The molecule has 2 heteroatoms. The van der Waals surface area contributed by atoms with Gasteiger partial charge in [-0.2, -0.15) is 0 Å². The van der Waals surface area contributed by atoms with Gasteiger partial charge >= 0.3 is 0 Å². The van der Waals surface area contributed by atoms with Crippen molar-refractivity contribution in [1.82, 2.24) is 9.55 Å². The fraction of sp³-hybridized carbons (Fsp3) is 0.591. The van der Waals surface area contributed by atoms with Crippen molar-refractivity contribution >= 4 is 0 Å². The molecule has 0 amide bonds. The Hall–Kier alpha value is -1.57. The average molecular weight is 327 g/mol. The van der Waals surface area contributed by atoms with E-state index in [2.05, 4.69) is 54.9 Å². The largest absolute Gasteiger partial charge is 0.335 e.